The average molecular weight is 424 g/mol. The lowest BCUT2D eigenvalue weighted by Crippen LogP contribution is -2.40. The molecule has 0 unspecified atom stereocenters. The molecule has 0 saturated carbocycles. The lowest BCUT2D eigenvalue weighted by molar-refractivity contribution is -0.143. The van der Waals surface area contributed by atoms with E-state index in [9.17, 15) is 18.7 Å². The number of likely N-dealkylation sites (tertiary alicyclic amines) is 1. The molecule has 1 N–H and O–H groups in total. The Kier molecular flexibility index (Phi) is 8.61. The van der Waals surface area contributed by atoms with E-state index in [4.69, 9.17) is 4.74 Å². The van der Waals surface area contributed by atoms with E-state index >= 15 is 0 Å². The van der Waals surface area contributed by atoms with Gasteiger partial charge in [0, 0.05) is 18.7 Å². The Hall–Kier alpha value is -2.44. The molecule has 2 aromatic carbocycles. The topological polar surface area (TPSA) is 49.8 Å². The Morgan fingerprint density at radius 2 is 1.62 bits per heavy atom. The van der Waals surface area contributed by atoms with E-state index in [0.717, 1.165) is 29.7 Å². The first kappa shape index (κ1) is 22.8. The molecule has 0 bridgehead atoms. The molecule has 29 heavy (non-hydrogen) atoms. The van der Waals surface area contributed by atoms with E-state index in [1.54, 1.807) is 30.5 Å². The highest BCUT2D eigenvalue weighted by Gasteiger charge is 2.24. The van der Waals surface area contributed by atoms with Crippen molar-refractivity contribution >= 4 is 23.9 Å². The van der Waals surface area contributed by atoms with Crippen LogP contribution in [0.2, 0.25) is 0 Å². The molecule has 1 aliphatic rings. The molecule has 0 radical (unpaired) electrons. The fraction of sp³-hybridized carbons (Fsp3) is 0.318. The van der Waals surface area contributed by atoms with E-state index in [1.807, 2.05) is 0 Å². The van der Waals surface area contributed by atoms with Crippen molar-refractivity contribution in [2.75, 3.05) is 26.2 Å². The van der Waals surface area contributed by atoms with Crippen molar-refractivity contribution in [1.29, 1.82) is 0 Å². The van der Waals surface area contributed by atoms with Crippen molar-refractivity contribution in [1.82, 2.24) is 4.90 Å². The number of hydrogen-bond acceptors (Lipinski definition) is 3. The summed E-state index contributed by atoms with van der Waals surface area (Å²) >= 11 is 0. The van der Waals surface area contributed by atoms with E-state index in [1.165, 1.54) is 24.3 Å². The lowest BCUT2D eigenvalue weighted by Gasteiger charge is -2.30. The minimum Gasteiger partial charge on any atom is -0.499 e. The highest BCUT2D eigenvalue weighted by molar-refractivity contribution is 5.85. The van der Waals surface area contributed by atoms with Gasteiger partial charge in [-0.15, -0.1) is 12.4 Å². The average Bonchev–Trinajstić information content (AvgIpc) is 2.70. The van der Waals surface area contributed by atoms with Crippen LogP contribution in [-0.2, 0) is 9.53 Å². The summed E-state index contributed by atoms with van der Waals surface area (Å²) in [6.45, 7) is 2.42. The number of carboxylic acid groups (broad SMARTS) is 1. The number of halogens is 3. The molecule has 1 saturated heterocycles. The van der Waals surface area contributed by atoms with Crippen molar-refractivity contribution in [3.05, 3.63) is 77.6 Å². The molecule has 2 aromatic rings. The van der Waals surface area contributed by atoms with Crippen LogP contribution < -0.4 is 0 Å². The molecule has 0 aromatic heterocycles. The fourth-order valence-corrected chi connectivity index (χ4v) is 3.35. The Labute approximate surface area is 175 Å². The zero-order valence-corrected chi connectivity index (χ0v) is 16.7. The SMILES string of the molecule is Cl.O=C(O)[C@@H]1CCCN(CCOC=C(c2ccc(F)cc2)c2ccc(F)cc2)C1. The molecule has 0 amide bonds. The number of benzene rings is 2. The first-order valence-electron chi connectivity index (χ1n) is 9.32. The van der Waals surface area contributed by atoms with Gasteiger partial charge < -0.3 is 9.84 Å². The number of carboxylic acids is 1. The number of hydrogen-bond donors (Lipinski definition) is 1. The molecule has 156 valence electrons. The van der Waals surface area contributed by atoms with Crippen molar-refractivity contribution in [3.8, 4) is 0 Å². The third-order valence-electron chi connectivity index (χ3n) is 4.89. The van der Waals surface area contributed by atoms with Crippen molar-refractivity contribution < 1.29 is 23.4 Å². The van der Waals surface area contributed by atoms with Crippen LogP contribution in [-0.4, -0.2) is 42.2 Å². The first-order valence-corrected chi connectivity index (χ1v) is 9.32. The van der Waals surface area contributed by atoms with Crippen LogP contribution in [0.25, 0.3) is 5.57 Å². The molecule has 7 heteroatoms. The highest BCUT2D eigenvalue weighted by Crippen LogP contribution is 2.24. The number of carbonyl (C=O) groups is 1. The summed E-state index contributed by atoms with van der Waals surface area (Å²) in [7, 11) is 0. The van der Waals surface area contributed by atoms with Crippen molar-refractivity contribution in [2.24, 2.45) is 5.92 Å². The molecular weight excluding hydrogens is 400 g/mol. The Bertz CT molecular complexity index is 777. The molecule has 1 aliphatic heterocycles. The van der Waals surface area contributed by atoms with Crippen LogP contribution in [0.3, 0.4) is 0 Å². The lowest BCUT2D eigenvalue weighted by atomic mass is 9.98. The number of nitrogens with zero attached hydrogens (tertiary/aromatic N) is 1. The Balaban J connectivity index is 0.00000300. The van der Waals surface area contributed by atoms with Gasteiger partial charge in [0.15, 0.2) is 0 Å². The third-order valence-corrected chi connectivity index (χ3v) is 4.89. The van der Waals surface area contributed by atoms with E-state index in [0.29, 0.717) is 26.1 Å². The van der Waals surface area contributed by atoms with Gasteiger partial charge in [0.25, 0.3) is 0 Å². The molecule has 1 atom stereocenters. The van der Waals surface area contributed by atoms with Gasteiger partial charge in [-0.3, -0.25) is 9.69 Å². The summed E-state index contributed by atoms with van der Waals surface area (Å²) in [5.74, 6) is -1.74. The van der Waals surface area contributed by atoms with Crippen LogP contribution in [0.4, 0.5) is 8.78 Å². The maximum atomic E-state index is 13.3. The number of piperidine rings is 1. The summed E-state index contributed by atoms with van der Waals surface area (Å²) in [6, 6.07) is 12.1. The van der Waals surface area contributed by atoms with Crippen LogP contribution in [0.15, 0.2) is 54.8 Å². The summed E-state index contributed by atoms with van der Waals surface area (Å²) in [6.07, 6.45) is 3.17. The minimum atomic E-state index is -0.750. The molecule has 4 nitrogen and oxygen atoms in total. The van der Waals surface area contributed by atoms with Crippen LogP contribution in [0.5, 0.6) is 0 Å². The second-order valence-corrected chi connectivity index (χ2v) is 6.89. The maximum absolute atomic E-state index is 13.3. The second-order valence-electron chi connectivity index (χ2n) is 6.89. The van der Waals surface area contributed by atoms with Gasteiger partial charge in [-0.1, -0.05) is 24.3 Å². The second kappa shape index (κ2) is 10.9. The Morgan fingerprint density at radius 3 is 2.14 bits per heavy atom. The van der Waals surface area contributed by atoms with E-state index in [2.05, 4.69) is 4.90 Å². The predicted molar refractivity (Wildman–Crippen MR) is 110 cm³/mol. The van der Waals surface area contributed by atoms with Crippen LogP contribution in [0.1, 0.15) is 24.0 Å². The van der Waals surface area contributed by atoms with Gasteiger partial charge in [-0.2, -0.15) is 0 Å². The van der Waals surface area contributed by atoms with Gasteiger partial charge in [0.2, 0.25) is 0 Å². The van der Waals surface area contributed by atoms with E-state index < -0.39 is 5.97 Å². The molecular formula is C22H24ClF2NO3. The van der Waals surface area contributed by atoms with Gasteiger partial charge in [-0.05, 0) is 54.8 Å². The largest absolute Gasteiger partial charge is 0.499 e. The highest BCUT2D eigenvalue weighted by atomic mass is 35.5. The molecule has 1 fully saturated rings. The zero-order chi connectivity index (χ0) is 19.9. The third kappa shape index (κ3) is 6.54. The van der Waals surface area contributed by atoms with Gasteiger partial charge in [0.05, 0.1) is 12.2 Å². The fourth-order valence-electron chi connectivity index (χ4n) is 3.35. The number of rotatable bonds is 7. The van der Waals surface area contributed by atoms with Crippen molar-refractivity contribution in [3.63, 3.8) is 0 Å². The number of aliphatic carboxylic acids is 1. The van der Waals surface area contributed by atoms with Gasteiger partial charge in [-0.25, -0.2) is 8.78 Å². The maximum Gasteiger partial charge on any atom is 0.307 e. The monoisotopic (exact) mass is 423 g/mol. The van der Waals surface area contributed by atoms with E-state index in [-0.39, 0.29) is 30.0 Å². The zero-order valence-electron chi connectivity index (χ0n) is 15.9. The van der Waals surface area contributed by atoms with Crippen molar-refractivity contribution in [2.45, 2.75) is 12.8 Å². The summed E-state index contributed by atoms with van der Waals surface area (Å²) in [4.78, 5) is 13.2. The van der Waals surface area contributed by atoms with Crippen LogP contribution >= 0.6 is 12.4 Å². The first-order chi connectivity index (χ1) is 13.5. The smallest absolute Gasteiger partial charge is 0.307 e. The standard InChI is InChI=1S/C22H23F2NO3.ClH/c23-19-7-3-16(4-8-19)21(17-5-9-20(24)10-6-17)15-28-13-12-25-11-1-2-18(14-25)22(26)27;/h3-10,15,18H,1-2,11-14H2,(H,26,27);1H/t18-;/m1./s1. The van der Waals surface area contributed by atoms with Crippen LogP contribution in [0, 0.1) is 17.6 Å². The normalized spacial score (nSPS) is 16.6. The molecule has 0 spiro atoms. The number of ether oxygens (including phenoxy) is 1. The van der Waals surface area contributed by atoms with Gasteiger partial charge in [0.1, 0.15) is 18.2 Å². The molecule has 1 heterocycles. The van der Waals surface area contributed by atoms with Gasteiger partial charge >= 0.3 is 5.97 Å². The summed E-state index contributed by atoms with van der Waals surface area (Å²) < 4.78 is 32.2. The Morgan fingerprint density at radius 1 is 1.07 bits per heavy atom. The molecule has 0 aliphatic carbocycles. The molecule has 3 rings (SSSR count). The minimum absolute atomic E-state index is 0. The predicted octanol–water partition coefficient (Wildman–Crippen LogP) is 4.59. The quantitative estimate of drug-likeness (QED) is 0.522. The summed E-state index contributed by atoms with van der Waals surface area (Å²) in [5, 5.41) is 9.17. The summed E-state index contributed by atoms with van der Waals surface area (Å²) in [5.41, 5.74) is 2.25.